The molecule has 0 bridgehead atoms. The van der Waals surface area contributed by atoms with E-state index < -0.39 is 10.0 Å². The Bertz CT molecular complexity index is 534. The van der Waals surface area contributed by atoms with Gasteiger partial charge in [0.2, 0.25) is 10.0 Å². The van der Waals surface area contributed by atoms with E-state index in [0.29, 0.717) is 13.1 Å². The fraction of sp³-hybridized carbons (Fsp3) is 0.400. The van der Waals surface area contributed by atoms with Gasteiger partial charge in [0.15, 0.2) is 0 Å². The number of hydrogen-bond acceptors (Lipinski definition) is 4. The third kappa shape index (κ3) is 2.72. The Morgan fingerprint density at radius 1 is 1.17 bits per heavy atom. The van der Waals surface area contributed by atoms with Gasteiger partial charge in [-0.3, -0.25) is 0 Å². The molecule has 1 saturated heterocycles. The minimum absolute atomic E-state index is 0.0959. The number of sulfonamides is 1. The van der Waals surface area contributed by atoms with Crippen molar-refractivity contribution in [2.24, 2.45) is 0 Å². The van der Waals surface area contributed by atoms with Crippen molar-refractivity contribution in [1.82, 2.24) is 4.31 Å². The lowest BCUT2D eigenvalue weighted by Crippen LogP contribution is -2.37. The molecule has 0 aliphatic carbocycles. The molecule has 1 aliphatic rings. The van der Waals surface area contributed by atoms with Gasteiger partial charge in [0.1, 0.15) is 0 Å². The quantitative estimate of drug-likeness (QED) is 0.847. The molecule has 100 valence electrons. The number of nitrogens with zero attached hydrogens (tertiary/aromatic N) is 1. The van der Waals surface area contributed by atoms with Gasteiger partial charge in [-0.15, -0.1) is 0 Å². The van der Waals surface area contributed by atoms with Crippen molar-refractivity contribution in [2.45, 2.75) is 4.90 Å². The summed E-state index contributed by atoms with van der Waals surface area (Å²) in [6.45, 7) is 1.01. The van der Waals surface area contributed by atoms with Crippen LogP contribution in [-0.4, -0.2) is 37.3 Å². The molecule has 1 heterocycles. The van der Waals surface area contributed by atoms with E-state index in [-0.39, 0.29) is 20.6 Å². The third-order valence-corrected chi connectivity index (χ3v) is 6.10. The lowest BCUT2D eigenvalue weighted by Gasteiger charge is -2.25. The number of hydrogen-bond donors (Lipinski definition) is 1. The Balaban J connectivity index is 2.41. The largest absolute Gasteiger partial charge is 0.396 e. The number of nitrogens with two attached hydrogens (primary N) is 1. The van der Waals surface area contributed by atoms with E-state index >= 15 is 0 Å². The number of benzene rings is 1. The average molecular weight is 327 g/mol. The van der Waals surface area contributed by atoms with Crippen LogP contribution in [0.25, 0.3) is 0 Å². The average Bonchev–Trinajstić information content (AvgIpc) is 2.36. The molecule has 0 spiro atoms. The molecule has 1 aromatic rings. The van der Waals surface area contributed by atoms with Crippen LogP contribution in [-0.2, 0) is 10.0 Å². The molecule has 8 heteroatoms. The highest BCUT2D eigenvalue weighted by molar-refractivity contribution is 7.99. The first-order valence-corrected chi connectivity index (χ1v) is 8.60. The Kier molecular flexibility index (Phi) is 4.33. The molecular formula is C10H12Cl2N2O2S2. The van der Waals surface area contributed by atoms with Gasteiger partial charge in [0, 0.05) is 24.6 Å². The second-order valence-corrected chi connectivity index (χ2v) is 7.79. The predicted molar refractivity (Wildman–Crippen MR) is 77.0 cm³/mol. The number of thioether (sulfide) groups is 1. The molecule has 0 radical (unpaired) electrons. The molecule has 4 nitrogen and oxygen atoms in total. The van der Waals surface area contributed by atoms with Crippen LogP contribution < -0.4 is 5.73 Å². The molecule has 2 N–H and O–H groups in total. The lowest BCUT2D eigenvalue weighted by atomic mass is 10.3. The fourth-order valence-corrected chi connectivity index (χ4v) is 4.89. The molecule has 0 atom stereocenters. The summed E-state index contributed by atoms with van der Waals surface area (Å²) < 4.78 is 26.2. The van der Waals surface area contributed by atoms with Crippen LogP contribution in [0, 0.1) is 0 Å². The maximum atomic E-state index is 12.4. The molecule has 0 amide bonds. The molecule has 0 aromatic heterocycles. The van der Waals surface area contributed by atoms with E-state index in [1.165, 1.54) is 16.4 Å². The number of nitrogen functional groups attached to an aromatic ring is 1. The Morgan fingerprint density at radius 2 is 1.67 bits per heavy atom. The maximum Gasteiger partial charge on any atom is 0.243 e. The first kappa shape index (κ1) is 14.3. The summed E-state index contributed by atoms with van der Waals surface area (Å²) in [6.07, 6.45) is 0. The van der Waals surface area contributed by atoms with Crippen molar-refractivity contribution in [2.75, 3.05) is 30.3 Å². The van der Waals surface area contributed by atoms with Gasteiger partial charge < -0.3 is 5.73 Å². The van der Waals surface area contributed by atoms with E-state index in [4.69, 9.17) is 28.9 Å². The highest BCUT2D eigenvalue weighted by atomic mass is 35.5. The fourth-order valence-electron chi connectivity index (χ4n) is 1.65. The van der Waals surface area contributed by atoms with Gasteiger partial charge in [-0.2, -0.15) is 16.1 Å². The molecule has 0 unspecified atom stereocenters. The lowest BCUT2D eigenvalue weighted by molar-refractivity contribution is 0.443. The molecule has 1 fully saturated rings. The summed E-state index contributed by atoms with van der Waals surface area (Å²) in [5, 5.41) is 0.319. The highest BCUT2D eigenvalue weighted by Gasteiger charge is 2.27. The summed E-state index contributed by atoms with van der Waals surface area (Å²) in [4.78, 5) is 0.0959. The summed E-state index contributed by atoms with van der Waals surface area (Å²) in [6, 6.07) is 2.69. The Morgan fingerprint density at radius 3 is 2.17 bits per heavy atom. The van der Waals surface area contributed by atoms with Crippen LogP contribution in [0.1, 0.15) is 0 Å². The van der Waals surface area contributed by atoms with Crippen molar-refractivity contribution < 1.29 is 8.42 Å². The monoisotopic (exact) mass is 326 g/mol. The van der Waals surface area contributed by atoms with Crippen LogP contribution in [0.3, 0.4) is 0 Å². The van der Waals surface area contributed by atoms with E-state index in [1.54, 1.807) is 11.8 Å². The van der Waals surface area contributed by atoms with Crippen molar-refractivity contribution in [1.29, 1.82) is 0 Å². The first-order chi connectivity index (χ1) is 8.43. The number of halogens is 2. The van der Waals surface area contributed by atoms with E-state index in [0.717, 1.165) is 11.5 Å². The van der Waals surface area contributed by atoms with E-state index in [1.807, 2.05) is 0 Å². The van der Waals surface area contributed by atoms with Crippen LogP contribution in [0.5, 0.6) is 0 Å². The van der Waals surface area contributed by atoms with Gasteiger partial charge in [0.25, 0.3) is 0 Å². The van der Waals surface area contributed by atoms with Gasteiger partial charge in [-0.05, 0) is 12.1 Å². The molecule has 1 aliphatic heterocycles. The van der Waals surface area contributed by atoms with Crippen LogP contribution in [0.2, 0.25) is 10.0 Å². The Labute approximate surface area is 120 Å². The van der Waals surface area contributed by atoms with Gasteiger partial charge >= 0.3 is 0 Å². The zero-order valence-corrected chi connectivity index (χ0v) is 12.5. The minimum atomic E-state index is -3.53. The summed E-state index contributed by atoms with van der Waals surface area (Å²) >= 11 is 13.5. The van der Waals surface area contributed by atoms with E-state index in [9.17, 15) is 8.42 Å². The summed E-state index contributed by atoms with van der Waals surface area (Å²) in [5.41, 5.74) is 5.80. The van der Waals surface area contributed by atoms with Crippen LogP contribution >= 0.6 is 35.0 Å². The van der Waals surface area contributed by atoms with Gasteiger partial charge in [0.05, 0.1) is 20.6 Å². The molecule has 2 rings (SSSR count). The van der Waals surface area contributed by atoms with Crippen LogP contribution in [0.15, 0.2) is 17.0 Å². The van der Waals surface area contributed by atoms with Crippen molar-refractivity contribution in [3.63, 3.8) is 0 Å². The first-order valence-electron chi connectivity index (χ1n) is 5.25. The minimum Gasteiger partial charge on any atom is -0.396 e. The topological polar surface area (TPSA) is 63.4 Å². The zero-order valence-electron chi connectivity index (χ0n) is 9.40. The second-order valence-electron chi connectivity index (χ2n) is 3.82. The van der Waals surface area contributed by atoms with Crippen molar-refractivity contribution in [3.05, 3.63) is 22.2 Å². The highest BCUT2D eigenvalue weighted by Crippen LogP contribution is 2.32. The normalized spacial score (nSPS) is 17.9. The SMILES string of the molecule is Nc1c(Cl)cc(S(=O)(=O)N2CCSCC2)cc1Cl. The zero-order chi connectivity index (χ0) is 13.3. The van der Waals surface area contributed by atoms with Gasteiger partial charge in [-0.1, -0.05) is 23.2 Å². The summed E-state index contributed by atoms with van der Waals surface area (Å²) in [7, 11) is -3.53. The molecule has 18 heavy (non-hydrogen) atoms. The van der Waals surface area contributed by atoms with Gasteiger partial charge in [-0.25, -0.2) is 8.42 Å². The summed E-state index contributed by atoms with van der Waals surface area (Å²) in [5.74, 6) is 1.60. The maximum absolute atomic E-state index is 12.4. The number of anilines is 1. The second kappa shape index (κ2) is 5.46. The smallest absolute Gasteiger partial charge is 0.243 e. The molecule has 1 aromatic carbocycles. The standard InChI is InChI=1S/C10H12Cl2N2O2S2/c11-8-5-7(6-9(12)10(8)13)18(15,16)14-1-3-17-4-2-14/h5-6H,1-4,13H2. The predicted octanol–water partition coefficient (Wildman–Crippen LogP) is 2.31. The third-order valence-electron chi connectivity index (χ3n) is 2.66. The van der Waals surface area contributed by atoms with Crippen LogP contribution in [0.4, 0.5) is 5.69 Å². The molecule has 0 saturated carbocycles. The Hall–Kier alpha value is -0.140. The van der Waals surface area contributed by atoms with Crippen molar-refractivity contribution in [3.8, 4) is 0 Å². The molecular weight excluding hydrogens is 315 g/mol. The number of rotatable bonds is 2. The van der Waals surface area contributed by atoms with E-state index in [2.05, 4.69) is 0 Å². The van der Waals surface area contributed by atoms with Crippen molar-refractivity contribution >= 4 is 50.7 Å².